The predicted octanol–water partition coefficient (Wildman–Crippen LogP) is 5.12. The van der Waals surface area contributed by atoms with Crippen LogP contribution in [-0.2, 0) is 43.0 Å². The van der Waals surface area contributed by atoms with Gasteiger partial charge in [0.2, 0.25) is 11.5 Å². The minimum absolute atomic E-state index is 0.0153. The Labute approximate surface area is 297 Å². The van der Waals surface area contributed by atoms with Gasteiger partial charge in [-0.05, 0) is 66.0 Å². The number of rotatable bonds is 15. The number of amides is 2. The Bertz CT molecular complexity index is 1430. The molecule has 2 rings (SSSR count). The van der Waals surface area contributed by atoms with Crippen LogP contribution >= 0.6 is 23.2 Å². The van der Waals surface area contributed by atoms with Gasteiger partial charge >= 0.3 is 17.9 Å². The van der Waals surface area contributed by atoms with E-state index in [1.807, 2.05) is 13.8 Å². The molecular formula is C34H47Cl2N3O10. The number of carbonyl (C=O) groups excluding carboxylic acids is 6. The Balaban J connectivity index is 2.19. The van der Waals surface area contributed by atoms with E-state index in [0.717, 1.165) is 0 Å². The molecule has 0 aromatic heterocycles. The van der Waals surface area contributed by atoms with Crippen molar-refractivity contribution in [2.24, 2.45) is 11.1 Å². The highest BCUT2D eigenvalue weighted by Crippen LogP contribution is 2.31. The molecule has 2 amide bonds. The van der Waals surface area contributed by atoms with Crippen molar-refractivity contribution < 1.29 is 47.8 Å². The first-order valence-corrected chi connectivity index (χ1v) is 16.8. The van der Waals surface area contributed by atoms with E-state index in [-0.39, 0.29) is 47.2 Å². The van der Waals surface area contributed by atoms with E-state index in [9.17, 15) is 28.8 Å². The molecule has 3 atom stereocenters. The lowest BCUT2D eigenvalue weighted by Crippen LogP contribution is -2.54. The SMILES string of the molecule is CCC1(C(=O)N[C@@H](CC(=O)OC(C)(C)C)C(=O)COC(=O)c2c(Cl)cccc2Cl)CC([C@@H](NC(=O)CCC(=O)OC(C)(C)C)C(C)C)=NO1. The fourth-order valence-electron chi connectivity index (χ4n) is 4.72. The van der Waals surface area contributed by atoms with Gasteiger partial charge in [-0.2, -0.15) is 0 Å². The van der Waals surface area contributed by atoms with E-state index in [2.05, 4.69) is 15.8 Å². The first-order chi connectivity index (χ1) is 22.6. The zero-order valence-electron chi connectivity index (χ0n) is 29.5. The van der Waals surface area contributed by atoms with Crippen LogP contribution in [0.5, 0.6) is 0 Å². The molecule has 49 heavy (non-hydrogen) atoms. The summed E-state index contributed by atoms with van der Waals surface area (Å²) < 4.78 is 15.8. The third-order valence-corrected chi connectivity index (χ3v) is 7.73. The molecule has 272 valence electrons. The van der Waals surface area contributed by atoms with E-state index in [4.69, 9.17) is 42.3 Å². The van der Waals surface area contributed by atoms with Gasteiger partial charge in [-0.25, -0.2) is 4.79 Å². The van der Waals surface area contributed by atoms with Crippen LogP contribution in [0.2, 0.25) is 10.0 Å². The van der Waals surface area contributed by atoms with Crippen molar-refractivity contribution in [1.82, 2.24) is 10.6 Å². The molecule has 1 unspecified atom stereocenters. The summed E-state index contributed by atoms with van der Waals surface area (Å²) in [6, 6.07) is 2.29. The Morgan fingerprint density at radius 1 is 0.918 bits per heavy atom. The number of hydrogen-bond donors (Lipinski definition) is 2. The van der Waals surface area contributed by atoms with E-state index in [0.29, 0.717) is 5.71 Å². The topological polar surface area (TPSA) is 176 Å². The second-order valence-corrected chi connectivity index (χ2v) is 14.8. The third kappa shape index (κ3) is 12.9. The number of carbonyl (C=O) groups is 6. The Morgan fingerprint density at radius 2 is 1.49 bits per heavy atom. The van der Waals surface area contributed by atoms with Gasteiger partial charge in [0.05, 0.1) is 40.2 Å². The fraction of sp³-hybridized carbons (Fsp3) is 0.618. The van der Waals surface area contributed by atoms with Crippen LogP contribution in [-0.4, -0.2) is 76.7 Å². The van der Waals surface area contributed by atoms with Crippen LogP contribution in [0.15, 0.2) is 23.4 Å². The highest BCUT2D eigenvalue weighted by molar-refractivity contribution is 6.39. The maximum Gasteiger partial charge on any atom is 0.341 e. The molecule has 1 aliphatic heterocycles. The number of Topliss-reactive ketones (excluding diaryl/α,β-unsaturated/α-hetero) is 1. The van der Waals surface area contributed by atoms with Crippen LogP contribution in [0.1, 0.15) is 105 Å². The van der Waals surface area contributed by atoms with Crippen LogP contribution < -0.4 is 10.6 Å². The predicted molar refractivity (Wildman–Crippen MR) is 182 cm³/mol. The minimum atomic E-state index is -1.59. The molecule has 2 N–H and O–H groups in total. The number of ether oxygens (including phenoxy) is 3. The number of esters is 3. The second kappa shape index (κ2) is 17.3. The molecule has 0 bridgehead atoms. The molecule has 1 aliphatic rings. The number of ketones is 1. The smallest absolute Gasteiger partial charge is 0.341 e. The number of nitrogens with zero attached hydrogens (tertiary/aromatic N) is 1. The lowest BCUT2D eigenvalue weighted by molar-refractivity contribution is -0.157. The molecule has 1 aromatic carbocycles. The average molecular weight is 729 g/mol. The number of oxime groups is 1. The van der Waals surface area contributed by atoms with Crippen molar-refractivity contribution in [3.8, 4) is 0 Å². The molecule has 0 saturated carbocycles. The van der Waals surface area contributed by atoms with Gasteiger partial charge in [-0.15, -0.1) is 0 Å². The Kier molecular flexibility index (Phi) is 14.6. The normalized spacial score (nSPS) is 17.3. The van der Waals surface area contributed by atoms with Gasteiger partial charge in [0, 0.05) is 12.8 Å². The first-order valence-electron chi connectivity index (χ1n) is 16.0. The third-order valence-electron chi connectivity index (χ3n) is 7.10. The van der Waals surface area contributed by atoms with Crippen molar-refractivity contribution in [1.29, 1.82) is 0 Å². The average Bonchev–Trinajstić information content (AvgIpc) is 3.40. The summed E-state index contributed by atoms with van der Waals surface area (Å²) in [7, 11) is 0. The minimum Gasteiger partial charge on any atom is -0.460 e. The van der Waals surface area contributed by atoms with Gasteiger partial charge in [-0.1, -0.05) is 55.2 Å². The number of benzene rings is 1. The quantitative estimate of drug-likeness (QED) is 0.182. The van der Waals surface area contributed by atoms with Gasteiger partial charge < -0.3 is 29.7 Å². The Hall–Kier alpha value is -3.71. The van der Waals surface area contributed by atoms with Gasteiger partial charge in [0.15, 0.2) is 12.4 Å². The van der Waals surface area contributed by atoms with Crippen LogP contribution in [0, 0.1) is 5.92 Å². The standard InChI is InChI=1S/C34H47Cl2N3O10/c1-10-34(17-23(39-49-34)29(19(2)3)38-25(41)14-15-26(42)47-32(4,5)6)31(45)37-22(16-27(43)48-33(7,8)9)24(40)18-46-30(44)28-20(35)12-11-13-21(28)36/h11-13,19,22,29H,10,14-18H2,1-9H3,(H,37,45)(H,38,41)/t22-,29-,34?/m0/s1. The highest BCUT2D eigenvalue weighted by atomic mass is 35.5. The van der Waals surface area contributed by atoms with Crippen LogP contribution in [0.3, 0.4) is 0 Å². The molecule has 0 radical (unpaired) electrons. The molecule has 15 heteroatoms. The monoisotopic (exact) mass is 727 g/mol. The van der Waals surface area contributed by atoms with Gasteiger partial charge in [0.1, 0.15) is 17.2 Å². The summed E-state index contributed by atoms with van der Waals surface area (Å²) in [5.74, 6) is -4.41. The molecule has 1 aromatic rings. The lowest BCUT2D eigenvalue weighted by atomic mass is 9.87. The van der Waals surface area contributed by atoms with Crippen LogP contribution in [0.25, 0.3) is 0 Å². The van der Waals surface area contributed by atoms with Crippen molar-refractivity contribution in [3.63, 3.8) is 0 Å². The maximum absolute atomic E-state index is 13.8. The number of hydrogen-bond acceptors (Lipinski definition) is 11. The second-order valence-electron chi connectivity index (χ2n) is 14.0. The van der Waals surface area contributed by atoms with Crippen molar-refractivity contribution in [2.45, 2.75) is 123 Å². The summed E-state index contributed by atoms with van der Waals surface area (Å²) in [5, 5.41) is 9.61. The summed E-state index contributed by atoms with van der Waals surface area (Å²) in [6.45, 7) is 14.7. The zero-order chi connectivity index (χ0) is 37.3. The van der Waals surface area contributed by atoms with Crippen molar-refractivity contribution >= 4 is 64.4 Å². The summed E-state index contributed by atoms with van der Waals surface area (Å²) in [4.78, 5) is 83.2. The largest absolute Gasteiger partial charge is 0.460 e. The lowest BCUT2D eigenvalue weighted by Gasteiger charge is -2.28. The zero-order valence-corrected chi connectivity index (χ0v) is 31.0. The summed E-state index contributed by atoms with van der Waals surface area (Å²) in [5.41, 5.74) is -2.92. The van der Waals surface area contributed by atoms with E-state index < -0.39 is 77.4 Å². The first kappa shape index (κ1) is 41.5. The van der Waals surface area contributed by atoms with E-state index >= 15 is 0 Å². The highest BCUT2D eigenvalue weighted by Gasteiger charge is 2.48. The Morgan fingerprint density at radius 3 is 2.02 bits per heavy atom. The number of halogens is 2. The molecule has 13 nitrogen and oxygen atoms in total. The molecule has 0 spiro atoms. The van der Waals surface area contributed by atoms with Crippen molar-refractivity contribution in [2.75, 3.05) is 6.61 Å². The fourth-order valence-corrected chi connectivity index (χ4v) is 5.27. The van der Waals surface area contributed by atoms with E-state index in [1.165, 1.54) is 18.2 Å². The van der Waals surface area contributed by atoms with Gasteiger partial charge in [0.25, 0.3) is 5.91 Å². The molecule has 0 fully saturated rings. The summed E-state index contributed by atoms with van der Waals surface area (Å²) >= 11 is 12.2. The number of nitrogens with one attached hydrogen (secondary N) is 2. The molecular weight excluding hydrogens is 681 g/mol. The maximum atomic E-state index is 13.8. The molecule has 0 aliphatic carbocycles. The molecule has 1 heterocycles. The van der Waals surface area contributed by atoms with Crippen LogP contribution in [0.4, 0.5) is 0 Å². The van der Waals surface area contributed by atoms with E-state index in [1.54, 1.807) is 48.5 Å². The van der Waals surface area contributed by atoms with Crippen molar-refractivity contribution in [3.05, 3.63) is 33.8 Å². The summed E-state index contributed by atoms with van der Waals surface area (Å²) in [6.07, 6.45) is -0.740. The molecule has 0 saturated heterocycles. The van der Waals surface area contributed by atoms with Gasteiger partial charge in [-0.3, -0.25) is 24.0 Å².